The summed E-state index contributed by atoms with van der Waals surface area (Å²) in [4.78, 5) is 23.8. The first-order valence-corrected chi connectivity index (χ1v) is 11.7. The molecule has 10 heteroatoms. The van der Waals surface area contributed by atoms with E-state index >= 15 is 0 Å². The molecule has 0 fully saturated rings. The average molecular weight is 458 g/mol. The second kappa shape index (κ2) is 9.63. The monoisotopic (exact) mass is 457 g/mol. The van der Waals surface area contributed by atoms with Crippen LogP contribution in [-0.2, 0) is 14.8 Å². The number of benzene rings is 3. The van der Waals surface area contributed by atoms with Gasteiger partial charge in [0, 0.05) is 16.6 Å². The first kappa shape index (κ1) is 22.3. The zero-order valence-corrected chi connectivity index (χ0v) is 18.1. The fourth-order valence-electron chi connectivity index (χ4n) is 2.89. The van der Waals surface area contributed by atoms with Crippen LogP contribution in [0.3, 0.4) is 0 Å². The molecule has 3 rings (SSSR count). The molecule has 160 valence electrons. The Hall–Kier alpha value is -3.37. The van der Waals surface area contributed by atoms with Crippen molar-refractivity contribution in [3.8, 4) is 0 Å². The van der Waals surface area contributed by atoms with Crippen molar-refractivity contribution in [1.29, 1.82) is 0 Å². The molecule has 1 amide bonds. The van der Waals surface area contributed by atoms with Gasteiger partial charge in [-0.2, -0.15) is 0 Å². The summed E-state index contributed by atoms with van der Waals surface area (Å²) >= 11 is 1.51. The molecule has 0 saturated carbocycles. The van der Waals surface area contributed by atoms with Gasteiger partial charge in [0.05, 0.1) is 10.6 Å². The van der Waals surface area contributed by atoms with Gasteiger partial charge < -0.3 is 5.32 Å². The number of thioether (sulfide) groups is 1. The van der Waals surface area contributed by atoms with Crippen molar-refractivity contribution in [1.82, 2.24) is 0 Å². The van der Waals surface area contributed by atoms with E-state index in [1.807, 2.05) is 12.3 Å². The number of nitrogens with zero attached hydrogens (tertiary/aromatic N) is 2. The summed E-state index contributed by atoms with van der Waals surface area (Å²) in [5.74, 6) is -0.579. The molecule has 0 atom stereocenters. The van der Waals surface area contributed by atoms with Crippen LogP contribution in [-0.4, -0.2) is 32.0 Å². The number of carbonyl (C=O) groups excluding carboxylic acids is 1. The van der Waals surface area contributed by atoms with E-state index in [1.54, 1.807) is 36.4 Å². The standard InChI is InChI=1S/C21H19N3O5S2/c1-30-18-11-7-8-16(14-18)22-21(25)15-23(17-9-3-2-4-10-17)31(28,29)20-13-6-5-12-19(20)24(26)27/h2-14H,15H2,1H3,(H,22,25). The molecule has 0 aromatic heterocycles. The number of nitrogens with one attached hydrogen (secondary N) is 1. The molecule has 0 aliphatic carbocycles. The van der Waals surface area contributed by atoms with Crippen LogP contribution in [0.4, 0.5) is 17.1 Å². The smallest absolute Gasteiger partial charge is 0.289 e. The Morgan fingerprint density at radius 2 is 1.71 bits per heavy atom. The maximum atomic E-state index is 13.4. The SMILES string of the molecule is CSc1cccc(NC(=O)CN(c2ccccc2)S(=O)(=O)c2ccccc2[N+](=O)[O-])c1. The zero-order valence-electron chi connectivity index (χ0n) is 16.5. The highest BCUT2D eigenvalue weighted by atomic mass is 32.2. The van der Waals surface area contributed by atoms with Gasteiger partial charge in [-0.1, -0.05) is 36.4 Å². The number of para-hydroxylation sites is 2. The topological polar surface area (TPSA) is 110 Å². The van der Waals surface area contributed by atoms with Gasteiger partial charge in [-0.25, -0.2) is 8.42 Å². The Morgan fingerprint density at radius 1 is 1.03 bits per heavy atom. The van der Waals surface area contributed by atoms with Crippen LogP contribution in [0.1, 0.15) is 0 Å². The van der Waals surface area contributed by atoms with Gasteiger partial charge in [-0.15, -0.1) is 11.8 Å². The van der Waals surface area contributed by atoms with E-state index in [0.717, 1.165) is 21.3 Å². The first-order chi connectivity index (χ1) is 14.8. The molecule has 1 N–H and O–H groups in total. The molecule has 0 heterocycles. The zero-order chi connectivity index (χ0) is 22.4. The number of nitro benzene ring substituents is 1. The quantitative estimate of drug-likeness (QED) is 0.309. The van der Waals surface area contributed by atoms with Gasteiger partial charge in [0.15, 0.2) is 4.90 Å². The summed E-state index contributed by atoms with van der Waals surface area (Å²) < 4.78 is 27.6. The number of sulfonamides is 1. The maximum Gasteiger partial charge on any atom is 0.289 e. The molecule has 8 nitrogen and oxygen atoms in total. The number of carbonyl (C=O) groups is 1. The third kappa shape index (κ3) is 5.22. The van der Waals surface area contributed by atoms with Gasteiger partial charge in [0.25, 0.3) is 15.7 Å². The van der Waals surface area contributed by atoms with E-state index in [9.17, 15) is 23.3 Å². The minimum atomic E-state index is -4.40. The fourth-order valence-corrected chi connectivity index (χ4v) is 4.93. The van der Waals surface area contributed by atoms with E-state index < -0.39 is 38.0 Å². The Bertz CT molecular complexity index is 1200. The molecule has 0 aliphatic heterocycles. The van der Waals surface area contributed by atoms with Crippen LogP contribution in [0.2, 0.25) is 0 Å². The first-order valence-electron chi connectivity index (χ1n) is 9.08. The van der Waals surface area contributed by atoms with E-state index in [2.05, 4.69) is 5.32 Å². The Kier molecular flexibility index (Phi) is 6.93. The van der Waals surface area contributed by atoms with Crippen molar-refractivity contribution < 1.29 is 18.1 Å². The lowest BCUT2D eigenvalue weighted by Gasteiger charge is -2.24. The predicted molar refractivity (Wildman–Crippen MR) is 121 cm³/mol. The number of hydrogen-bond acceptors (Lipinski definition) is 6. The third-order valence-electron chi connectivity index (χ3n) is 4.31. The normalized spacial score (nSPS) is 11.0. The molecular weight excluding hydrogens is 438 g/mol. The van der Waals surface area contributed by atoms with Crippen molar-refractivity contribution >= 4 is 44.8 Å². The van der Waals surface area contributed by atoms with Crippen molar-refractivity contribution in [2.24, 2.45) is 0 Å². The summed E-state index contributed by atoms with van der Waals surface area (Å²) in [5, 5.41) is 14.1. The van der Waals surface area contributed by atoms with Crippen molar-refractivity contribution in [2.45, 2.75) is 9.79 Å². The van der Waals surface area contributed by atoms with Gasteiger partial charge in [-0.3, -0.25) is 19.2 Å². The van der Waals surface area contributed by atoms with Gasteiger partial charge >= 0.3 is 0 Å². The van der Waals surface area contributed by atoms with Crippen LogP contribution in [0.25, 0.3) is 0 Å². The molecule has 0 aliphatic rings. The van der Waals surface area contributed by atoms with Crippen molar-refractivity contribution in [3.05, 3.63) is 89.0 Å². The number of anilines is 2. The van der Waals surface area contributed by atoms with Crippen LogP contribution < -0.4 is 9.62 Å². The second-order valence-corrected chi connectivity index (χ2v) is 9.06. The molecule has 0 saturated heterocycles. The van der Waals surface area contributed by atoms with E-state index in [-0.39, 0.29) is 5.69 Å². The third-order valence-corrected chi connectivity index (χ3v) is 6.86. The second-order valence-electron chi connectivity index (χ2n) is 6.35. The summed E-state index contributed by atoms with van der Waals surface area (Å²) in [5.41, 5.74) is 0.179. The highest BCUT2D eigenvalue weighted by molar-refractivity contribution is 7.98. The Morgan fingerprint density at radius 3 is 2.39 bits per heavy atom. The summed E-state index contributed by atoms with van der Waals surface area (Å²) in [7, 11) is -4.40. The predicted octanol–water partition coefficient (Wildman–Crippen LogP) is 4.15. The lowest BCUT2D eigenvalue weighted by atomic mass is 10.3. The maximum absolute atomic E-state index is 13.4. The summed E-state index contributed by atoms with van der Waals surface area (Å²) in [6.07, 6.45) is 1.90. The Labute approximate surface area is 184 Å². The molecule has 0 bridgehead atoms. The minimum absolute atomic E-state index is 0.216. The lowest BCUT2D eigenvalue weighted by Crippen LogP contribution is -2.38. The number of hydrogen-bond donors (Lipinski definition) is 1. The molecule has 3 aromatic rings. The highest BCUT2D eigenvalue weighted by Gasteiger charge is 2.33. The minimum Gasteiger partial charge on any atom is -0.324 e. The molecule has 31 heavy (non-hydrogen) atoms. The molecule has 0 unspecified atom stereocenters. The molecular formula is C21H19N3O5S2. The van der Waals surface area contributed by atoms with Gasteiger partial charge in [0.2, 0.25) is 5.91 Å². The summed E-state index contributed by atoms with van der Waals surface area (Å²) in [6.45, 7) is -0.554. The Balaban J connectivity index is 1.98. The van der Waals surface area contributed by atoms with Gasteiger partial charge in [0.1, 0.15) is 6.54 Å². The molecule has 0 spiro atoms. The average Bonchev–Trinajstić information content (AvgIpc) is 2.78. The van der Waals surface area contributed by atoms with Crippen molar-refractivity contribution in [2.75, 3.05) is 22.4 Å². The van der Waals surface area contributed by atoms with E-state index in [4.69, 9.17) is 0 Å². The van der Waals surface area contributed by atoms with Crippen LogP contribution in [0.5, 0.6) is 0 Å². The van der Waals surface area contributed by atoms with E-state index in [0.29, 0.717) is 5.69 Å². The lowest BCUT2D eigenvalue weighted by molar-refractivity contribution is -0.387. The molecule has 0 radical (unpaired) electrons. The number of rotatable bonds is 8. The molecule has 3 aromatic carbocycles. The van der Waals surface area contributed by atoms with Gasteiger partial charge in [-0.05, 0) is 42.7 Å². The highest BCUT2D eigenvalue weighted by Crippen LogP contribution is 2.29. The number of nitro groups is 1. The van der Waals surface area contributed by atoms with Crippen LogP contribution in [0, 0.1) is 10.1 Å². The van der Waals surface area contributed by atoms with Crippen LogP contribution in [0.15, 0.2) is 88.7 Å². The fraction of sp³-hybridized carbons (Fsp3) is 0.0952. The number of amides is 1. The largest absolute Gasteiger partial charge is 0.324 e. The van der Waals surface area contributed by atoms with E-state index in [1.165, 1.54) is 36.0 Å². The van der Waals surface area contributed by atoms with Crippen LogP contribution >= 0.6 is 11.8 Å². The summed E-state index contributed by atoms with van der Waals surface area (Å²) in [6, 6.07) is 20.2. The van der Waals surface area contributed by atoms with Crippen molar-refractivity contribution in [3.63, 3.8) is 0 Å².